The summed E-state index contributed by atoms with van der Waals surface area (Å²) in [5, 5.41) is 0.542. The molecule has 0 spiro atoms. The van der Waals surface area contributed by atoms with Crippen LogP contribution < -0.4 is 9.47 Å². The van der Waals surface area contributed by atoms with Crippen LogP contribution in [0.5, 0.6) is 11.5 Å². The number of fused-ring (bicyclic) bond motifs is 1. The Kier molecular flexibility index (Phi) is 5.16. The van der Waals surface area contributed by atoms with Gasteiger partial charge >= 0.3 is 0 Å². The second-order valence-electron chi connectivity index (χ2n) is 6.93. The molecule has 0 aliphatic carbocycles. The fraction of sp³-hybridized carbons (Fsp3) is 0.217. The first-order chi connectivity index (χ1) is 14.0. The highest BCUT2D eigenvalue weighted by molar-refractivity contribution is 6.32. The molecule has 5 nitrogen and oxygen atoms in total. The number of hydrogen-bond donors (Lipinski definition) is 0. The molecule has 0 bridgehead atoms. The molecule has 1 aliphatic heterocycles. The summed E-state index contributed by atoms with van der Waals surface area (Å²) in [5.41, 5.74) is 4.15. The number of pyridine rings is 1. The topological polar surface area (TPSA) is 51.7 Å². The molecule has 0 N–H and O–H groups in total. The zero-order chi connectivity index (χ0) is 20.5. The number of ether oxygens (including phenoxy) is 2. The molecule has 29 heavy (non-hydrogen) atoms. The number of benzene rings is 2. The van der Waals surface area contributed by atoms with Crippen molar-refractivity contribution in [1.82, 2.24) is 9.88 Å². The Hall–Kier alpha value is -3.05. The normalized spacial score (nSPS) is 15.4. The van der Waals surface area contributed by atoms with Crippen molar-refractivity contribution in [2.75, 3.05) is 14.2 Å². The fourth-order valence-electron chi connectivity index (χ4n) is 3.84. The number of carbonyl (C=O) groups excluding carboxylic acids is 1. The van der Waals surface area contributed by atoms with E-state index < -0.39 is 0 Å². The summed E-state index contributed by atoms with van der Waals surface area (Å²) < 4.78 is 10.8. The second-order valence-corrected chi connectivity index (χ2v) is 7.33. The smallest absolute Gasteiger partial charge is 0.273 e. The Morgan fingerprint density at radius 1 is 1.10 bits per heavy atom. The SMILES string of the molecule is COc1ccc(CN2C(=O)c3nccc(Cl)c3C2c2ccccc2C)c(OC)c1. The van der Waals surface area contributed by atoms with Gasteiger partial charge in [0.1, 0.15) is 17.2 Å². The van der Waals surface area contributed by atoms with Crippen molar-refractivity contribution >= 4 is 17.5 Å². The van der Waals surface area contributed by atoms with Gasteiger partial charge < -0.3 is 14.4 Å². The molecule has 3 aromatic rings. The molecule has 1 aliphatic rings. The number of amides is 1. The van der Waals surface area contributed by atoms with E-state index in [0.29, 0.717) is 28.8 Å². The molecule has 2 heterocycles. The van der Waals surface area contributed by atoms with Crippen LogP contribution in [-0.4, -0.2) is 30.0 Å². The third-order valence-corrected chi connectivity index (χ3v) is 5.63. The minimum absolute atomic E-state index is 0.145. The number of hydrogen-bond acceptors (Lipinski definition) is 4. The summed E-state index contributed by atoms with van der Waals surface area (Å²) >= 11 is 6.54. The molecule has 1 aromatic heterocycles. The number of rotatable bonds is 5. The van der Waals surface area contributed by atoms with Crippen LogP contribution in [0.15, 0.2) is 54.7 Å². The molecule has 6 heteroatoms. The summed E-state index contributed by atoms with van der Waals surface area (Å²) in [7, 11) is 3.22. The van der Waals surface area contributed by atoms with Crippen LogP contribution in [0.3, 0.4) is 0 Å². The number of aryl methyl sites for hydroxylation is 1. The lowest BCUT2D eigenvalue weighted by atomic mass is 9.95. The minimum atomic E-state index is -0.313. The van der Waals surface area contributed by atoms with Crippen molar-refractivity contribution in [2.24, 2.45) is 0 Å². The van der Waals surface area contributed by atoms with E-state index in [1.807, 2.05) is 49.4 Å². The predicted octanol–water partition coefficient (Wildman–Crippen LogP) is 4.81. The van der Waals surface area contributed by atoms with Crippen LogP contribution in [0.25, 0.3) is 0 Å². The Morgan fingerprint density at radius 2 is 1.90 bits per heavy atom. The van der Waals surface area contributed by atoms with E-state index in [9.17, 15) is 4.79 Å². The fourth-order valence-corrected chi connectivity index (χ4v) is 4.08. The van der Waals surface area contributed by atoms with Crippen molar-refractivity contribution in [3.63, 3.8) is 0 Å². The van der Waals surface area contributed by atoms with Crippen LogP contribution in [-0.2, 0) is 6.54 Å². The molecule has 1 amide bonds. The molecule has 0 fully saturated rings. The molecule has 1 atom stereocenters. The van der Waals surface area contributed by atoms with E-state index in [1.54, 1.807) is 31.4 Å². The Labute approximate surface area is 174 Å². The zero-order valence-corrected chi connectivity index (χ0v) is 17.2. The van der Waals surface area contributed by atoms with Gasteiger partial charge in [0.2, 0.25) is 0 Å². The highest BCUT2D eigenvalue weighted by Gasteiger charge is 2.41. The number of carbonyl (C=O) groups is 1. The number of nitrogens with zero attached hydrogens (tertiary/aromatic N) is 2. The maximum Gasteiger partial charge on any atom is 0.273 e. The van der Waals surface area contributed by atoms with Crippen LogP contribution in [0.4, 0.5) is 0 Å². The van der Waals surface area contributed by atoms with Crippen LogP contribution >= 0.6 is 11.6 Å². The van der Waals surface area contributed by atoms with Crippen molar-refractivity contribution in [3.05, 3.63) is 87.7 Å². The lowest BCUT2D eigenvalue weighted by molar-refractivity contribution is 0.0730. The van der Waals surface area contributed by atoms with Crippen molar-refractivity contribution < 1.29 is 14.3 Å². The van der Waals surface area contributed by atoms with Gasteiger partial charge in [-0.25, -0.2) is 0 Å². The van der Waals surface area contributed by atoms with Crippen LogP contribution in [0.2, 0.25) is 5.02 Å². The molecular weight excluding hydrogens is 388 g/mol. The highest BCUT2D eigenvalue weighted by Crippen LogP contribution is 2.43. The van der Waals surface area contributed by atoms with Gasteiger partial charge in [-0.2, -0.15) is 0 Å². The van der Waals surface area contributed by atoms with Gasteiger partial charge in [-0.05, 0) is 36.2 Å². The van der Waals surface area contributed by atoms with Crippen molar-refractivity contribution in [1.29, 1.82) is 0 Å². The number of halogens is 1. The summed E-state index contributed by atoms with van der Waals surface area (Å²) in [6, 6.07) is 15.0. The number of aromatic nitrogens is 1. The predicted molar refractivity (Wildman–Crippen MR) is 112 cm³/mol. The molecule has 1 unspecified atom stereocenters. The first kappa shape index (κ1) is 19.3. The monoisotopic (exact) mass is 408 g/mol. The van der Waals surface area contributed by atoms with Gasteiger partial charge in [-0.3, -0.25) is 9.78 Å². The Morgan fingerprint density at radius 3 is 2.62 bits per heavy atom. The van der Waals surface area contributed by atoms with Crippen LogP contribution in [0.1, 0.15) is 38.8 Å². The molecule has 148 valence electrons. The average Bonchev–Trinajstić information content (AvgIpc) is 3.02. The van der Waals surface area contributed by atoms with Gasteiger partial charge in [-0.1, -0.05) is 35.9 Å². The minimum Gasteiger partial charge on any atom is -0.497 e. The van der Waals surface area contributed by atoms with Gasteiger partial charge in [0.25, 0.3) is 5.91 Å². The number of methoxy groups -OCH3 is 2. The van der Waals surface area contributed by atoms with Crippen molar-refractivity contribution in [3.8, 4) is 11.5 Å². The highest BCUT2D eigenvalue weighted by atomic mass is 35.5. The summed E-state index contributed by atoms with van der Waals surface area (Å²) in [4.78, 5) is 19.5. The van der Waals surface area contributed by atoms with E-state index in [2.05, 4.69) is 4.98 Å². The van der Waals surface area contributed by atoms with E-state index in [4.69, 9.17) is 21.1 Å². The average molecular weight is 409 g/mol. The van der Waals surface area contributed by atoms with E-state index in [1.165, 1.54) is 0 Å². The summed E-state index contributed by atoms with van der Waals surface area (Å²) in [5.74, 6) is 1.21. The molecule has 0 radical (unpaired) electrons. The van der Waals surface area contributed by atoms with Crippen LogP contribution in [0, 0.1) is 6.92 Å². The lowest BCUT2D eigenvalue weighted by Crippen LogP contribution is -2.29. The largest absolute Gasteiger partial charge is 0.497 e. The Bertz CT molecular complexity index is 1080. The molecule has 0 saturated carbocycles. The lowest BCUT2D eigenvalue weighted by Gasteiger charge is -2.28. The van der Waals surface area contributed by atoms with Gasteiger partial charge in [-0.15, -0.1) is 0 Å². The zero-order valence-electron chi connectivity index (χ0n) is 16.5. The van der Waals surface area contributed by atoms with E-state index >= 15 is 0 Å². The van der Waals surface area contributed by atoms with Gasteiger partial charge in [0, 0.05) is 23.4 Å². The third-order valence-electron chi connectivity index (χ3n) is 5.30. The standard InChI is InChI=1S/C23H21ClN2O3/c1-14-6-4-5-7-17(14)22-20-18(24)10-11-25-21(20)23(27)26(22)13-15-8-9-16(28-2)12-19(15)29-3/h4-12,22H,13H2,1-3H3. The van der Waals surface area contributed by atoms with Gasteiger partial charge in [0.15, 0.2) is 0 Å². The molecule has 4 rings (SSSR count). The molecule has 2 aromatic carbocycles. The Balaban J connectivity index is 1.83. The third kappa shape index (κ3) is 3.32. The van der Waals surface area contributed by atoms with Gasteiger partial charge in [0.05, 0.1) is 31.8 Å². The van der Waals surface area contributed by atoms with E-state index in [0.717, 1.165) is 22.3 Å². The molecular formula is C23H21ClN2O3. The maximum absolute atomic E-state index is 13.3. The molecule has 0 saturated heterocycles. The van der Waals surface area contributed by atoms with Crippen molar-refractivity contribution in [2.45, 2.75) is 19.5 Å². The first-order valence-electron chi connectivity index (χ1n) is 9.27. The second kappa shape index (κ2) is 7.76. The first-order valence-corrected chi connectivity index (χ1v) is 9.64. The van der Waals surface area contributed by atoms with E-state index in [-0.39, 0.29) is 11.9 Å². The summed E-state index contributed by atoms with van der Waals surface area (Å²) in [6.07, 6.45) is 1.57. The maximum atomic E-state index is 13.3. The quantitative estimate of drug-likeness (QED) is 0.608. The summed E-state index contributed by atoms with van der Waals surface area (Å²) in [6.45, 7) is 2.39.